The molecule has 1 aromatic carbocycles. The standard InChI is InChI=1S/C14H12FNO4S/c1-8(13(18)20-2)16-12(17)11(21-14(16)19)7-9-3-5-10(15)6-4-9/h3-8H,1-2H3/b11-7+. The van der Waals surface area contributed by atoms with Gasteiger partial charge in [0.2, 0.25) is 0 Å². The van der Waals surface area contributed by atoms with Crippen molar-refractivity contribution in [1.82, 2.24) is 4.90 Å². The van der Waals surface area contributed by atoms with Crippen LogP contribution in [0, 0.1) is 5.82 Å². The van der Waals surface area contributed by atoms with Gasteiger partial charge in [0.25, 0.3) is 11.1 Å². The first kappa shape index (κ1) is 15.2. The van der Waals surface area contributed by atoms with Gasteiger partial charge in [-0.2, -0.15) is 0 Å². The molecule has 0 radical (unpaired) electrons. The summed E-state index contributed by atoms with van der Waals surface area (Å²) in [5.41, 5.74) is 0.590. The maximum absolute atomic E-state index is 12.8. The second-order valence-corrected chi connectivity index (χ2v) is 5.30. The number of ether oxygens (including phenoxy) is 1. The average molecular weight is 309 g/mol. The Morgan fingerprint density at radius 1 is 1.33 bits per heavy atom. The molecule has 1 aliphatic heterocycles. The summed E-state index contributed by atoms with van der Waals surface area (Å²) in [5.74, 6) is -1.62. The molecule has 2 amide bonds. The highest BCUT2D eigenvalue weighted by Crippen LogP contribution is 2.33. The van der Waals surface area contributed by atoms with E-state index in [1.165, 1.54) is 44.4 Å². The molecule has 1 atom stereocenters. The SMILES string of the molecule is COC(=O)C(C)N1C(=O)S/C(=C/c2ccc(F)cc2)C1=O. The van der Waals surface area contributed by atoms with Crippen LogP contribution in [0.3, 0.4) is 0 Å². The minimum atomic E-state index is -0.985. The number of nitrogens with zero attached hydrogens (tertiary/aromatic N) is 1. The van der Waals surface area contributed by atoms with E-state index in [1.54, 1.807) is 0 Å². The number of amides is 2. The summed E-state index contributed by atoms with van der Waals surface area (Å²) >= 11 is 0.734. The van der Waals surface area contributed by atoms with Crippen LogP contribution < -0.4 is 0 Å². The maximum Gasteiger partial charge on any atom is 0.328 e. The Balaban J connectivity index is 2.25. The van der Waals surface area contributed by atoms with Crippen LogP contribution in [0.5, 0.6) is 0 Å². The lowest BCUT2D eigenvalue weighted by Gasteiger charge is -2.18. The van der Waals surface area contributed by atoms with E-state index >= 15 is 0 Å². The van der Waals surface area contributed by atoms with E-state index < -0.39 is 23.2 Å². The van der Waals surface area contributed by atoms with E-state index in [4.69, 9.17) is 0 Å². The summed E-state index contributed by atoms with van der Waals surface area (Å²) in [6, 6.07) is 4.52. The van der Waals surface area contributed by atoms with Gasteiger partial charge in [-0.25, -0.2) is 9.18 Å². The Labute approximate surface area is 124 Å². The Morgan fingerprint density at radius 2 is 1.95 bits per heavy atom. The molecule has 1 unspecified atom stereocenters. The average Bonchev–Trinajstić information content (AvgIpc) is 2.74. The number of carbonyl (C=O) groups is 3. The zero-order valence-electron chi connectivity index (χ0n) is 11.3. The number of hydrogen-bond acceptors (Lipinski definition) is 5. The third kappa shape index (κ3) is 3.13. The van der Waals surface area contributed by atoms with Crippen molar-refractivity contribution in [2.75, 3.05) is 7.11 Å². The summed E-state index contributed by atoms with van der Waals surface area (Å²) in [7, 11) is 1.19. The summed E-state index contributed by atoms with van der Waals surface area (Å²) < 4.78 is 17.4. The molecule has 1 aliphatic rings. The van der Waals surface area contributed by atoms with Crippen LogP contribution in [0.25, 0.3) is 6.08 Å². The Bertz CT molecular complexity index is 626. The molecular weight excluding hydrogens is 297 g/mol. The van der Waals surface area contributed by atoms with Crippen LogP contribution >= 0.6 is 11.8 Å². The number of hydrogen-bond donors (Lipinski definition) is 0. The largest absolute Gasteiger partial charge is 0.467 e. The number of halogens is 1. The zero-order valence-corrected chi connectivity index (χ0v) is 12.1. The highest BCUT2D eigenvalue weighted by atomic mass is 32.2. The van der Waals surface area contributed by atoms with Crippen molar-refractivity contribution in [2.45, 2.75) is 13.0 Å². The van der Waals surface area contributed by atoms with Gasteiger partial charge in [-0.1, -0.05) is 12.1 Å². The topological polar surface area (TPSA) is 63.7 Å². The van der Waals surface area contributed by atoms with E-state index in [9.17, 15) is 18.8 Å². The molecule has 1 fully saturated rings. The first-order valence-electron chi connectivity index (χ1n) is 6.04. The second kappa shape index (κ2) is 6.09. The van der Waals surface area contributed by atoms with Crippen molar-refractivity contribution in [2.24, 2.45) is 0 Å². The molecule has 110 valence electrons. The number of thioether (sulfide) groups is 1. The Morgan fingerprint density at radius 3 is 2.52 bits per heavy atom. The smallest absolute Gasteiger partial charge is 0.328 e. The van der Waals surface area contributed by atoms with Gasteiger partial charge in [-0.15, -0.1) is 0 Å². The molecule has 0 N–H and O–H groups in total. The first-order valence-corrected chi connectivity index (χ1v) is 6.86. The molecule has 1 heterocycles. The summed E-state index contributed by atoms with van der Waals surface area (Å²) in [4.78, 5) is 36.5. The van der Waals surface area contributed by atoms with Crippen molar-refractivity contribution >= 4 is 35.0 Å². The van der Waals surface area contributed by atoms with E-state index in [1.807, 2.05) is 0 Å². The molecule has 7 heteroatoms. The fraction of sp³-hybridized carbons (Fsp3) is 0.214. The summed E-state index contributed by atoms with van der Waals surface area (Å²) in [6.45, 7) is 1.42. The third-order valence-corrected chi connectivity index (χ3v) is 3.80. The molecule has 0 saturated carbocycles. The Kier molecular flexibility index (Phi) is 4.42. The van der Waals surface area contributed by atoms with Crippen LogP contribution in [-0.4, -0.2) is 35.2 Å². The molecule has 21 heavy (non-hydrogen) atoms. The van der Waals surface area contributed by atoms with Gasteiger partial charge in [0, 0.05) is 0 Å². The fourth-order valence-corrected chi connectivity index (χ4v) is 2.71. The third-order valence-electron chi connectivity index (χ3n) is 2.92. The van der Waals surface area contributed by atoms with Crippen molar-refractivity contribution in [1.29, 1.82) is 0 Å². The number of esters is 1. The van der Waals surface area contributed by atoms with Gasteiger partial charge in [0.1, 0.15) is 11.9 Å². The fourth-order valence-electron chi connectivity index (χ4n) is 1.80. The number of methoxy groups -OCH3 is 1. The molecule has 0 aromatic heterocycles. The number of rotatable bonds is 3. The quantitative estimate of drug-likeness (QED) is 0.634. The maximum atomic E-state index is 12.8. The van der Waals surface area contributed by atoms with Gasteiger partial charge in [-0.3, -0.25) is 14.5 Å². The predicted molar refractivity (Wildman–Crippen MR) is 75.7 cm³/mol. The van der Waals surface area contributed by atoms with Gasteiger partial charge < -0.3 is 4.74 Å². The molecule has 0 bridgehead atoms. The van der Waals surface area contributed by atoms with Gasteiger partial charge >= 0.3 is 5.97 Å². The van der Waals surface area contributed by atoms with Crippen molar-refractivity contribution in [3.63, 3.8) is 0 Å². The van der Waals surface area contributed by atoms with E-state index in [-0.39, 0.29) is 10.7 Å². The Hall–Kier alpha value is -2.15. The van der Waals surface area contributed by atoms with Crippen LogP contribution in [0.2, 0.25) is 0 Å². The molecule has 1 saturated heterocycles. The van der Waals surface area contributed by atoms with Crippen LogP contribution in [0.1, 0.15) is 12.5 Å². The van der Waals surface area contributed by atoms with Crippen LogP contribution in [-0.2, 0) is 14.3 Å². The van der Waals surface area contributed by atoms with E-state index in [0.717, 1.165) is 16.7 Å². The predicted octanol–water partition coefficient (Wildman–Crippen LogP) is 2.42. The minimum absolute atomic E-state index is 0.183. The summed E-state index contributed by atoms with van der Waals surface area (Å²) in [6.07, 6.45) is 1.48. The number of carbonyl (C=O) groups excluding carboxylic acids is 3. The molecule has 1 aromatic rings. The summed E-state index contributed by atoms with van der Waals surface area (Å²) in [5, 5.41) is -0.536. The lowest BCUT2D eigenvalue weighted by atomic mass is 10.2. The minimum Gasteiger partial charge on any atom is -0.467 e. The lowest BCUT2D eigenvalue weighted by molar-refractivity contribution is -0.148. The van der Waals surface area contributed by atoms with Gasteiger partial charge in [0.05, 0.1) is 12.0 Å². The molecule has 0 aliphatic carbocycles. The van der Waals surface area contributed by atoms with E-state index in [2.05, 4.69) is 4.74 Å². The van der Waals surface area contributed by atoms with Gasteiger partial charge in [-0.05, 0) is 42.5 Å². The van der Waals surface area contributed by atoms with Crippen LogP contribution in [0.15, 0.2) is 29.2 Å². The molecule has 5 nitrogen and oxygen atoms in total. The lowest BCUT2D eigenvalue weighted by Crippen LogP contribution is -2.42. The molecule has 0 spiro atoms. The molecular formula is C14H12FNO4S. The molecule has 2 rings (SSSR count). The normalized spacial score (nSPS) is 18.2. The monoisotopic (exact) mass is 309 g/mol. The van der Waals surface area contributed by atoms with E-state index in [0.29, 0.717) is 5.56 Å². The highest BCUT2D eigenvalue weighted by Gasteiger charge is 2.41. The second-order valence-electron chi connectivity index (χ2n) is 4.30. The van der Waals surface area contributed by atoms with Crippen molar-refractivity contribution < 1.29 is 23.5 Å². The zero-order chi connectivity index (χ0) is 15.6. The number of benzene rings is 1. The number of imide groups is 1. The van der Waals surface area contributed by atoms with Gasteiger partial charge in [0.15, 0.2) is 0 Å². The van der Waals surface area contributed by atoms with Crippen LogP contribution in [0.4, 0.5) is 9.18 Å². The van der Waals surface area contributed by atoms with Crippen molar-refractivity contribution in [3.05, 3.63) is 40.6 Å². The highest BCUT2D eigenvalue weighted by molar-refractivity contribution is 8.18. The first-order chi connectivity index (χ1) is 9.93. The van der Waals surface area contributed by atoms with Crippen molar-refractivity contribution in [3.8, 4) is 0 Å².